The Kier molecular flexibility index (Phi) is 5.82. The van der Waals surface area contributed by atoms with Gasteiger partial charge in [0.15, 0.2) is 0 Å². The topological polar surface area (TPSA) is 61.4 Å². The number of rotatable bonds is 5. The summed E-state index contributed by atoms with van der Waals surface area (Å²) in [5.41, 5.74) is -1.21. The third-order valence-electron chi connectivity index (χ3n) is 3.94. The zero-order chi connectivity index (χ0) is 17.7. The lowest BCUT2D eigenvalue weighted by Gasteiger charge is -2.23. The molecule has 1 fully saturated rings. The van der Waals surface area contributed by atoms with Crippen molar-refractivity contribution >= 4 is 17.5 Å². The second-order valence-corrected chi connectivity index (χ2v) is 5.63. The van der Waals surface area contributed by atoms with E-state index in [1.54, 1.807) is 6.92 Å². The summed E-state index contributed by atoms with van der Waals surface area (Å²) in [5, 5.41) is 5.34. The number of hydrogen-bond donors (Lipinski definition) is 2. The van der Waals surface area contributed by atoms with Crippen LogP contribution in [0.15, 0.2) is 24.3 Å². The average molecular weight is 343 g/mol. The Morgan fingerprint density at radius 1 is 1.33 bits per heavy atom. The molecule has 1 unspecified atom stereocenters. The van der Waals surface area contributed by atoms with Gasteiger partial charge >= 0.3 is 6.18 Å². The largest absolute Gasteiger partial charge is 0.418 e. The molecule has 0 radical (unpaired) electrons. The molecule has 0 aliphatic carbocycles. The summed E-state index contributed by atoms with van der Waals surface area (Å²) in [6.07, 6.45) is -3.85. The Balaban J connectivity index is 2.03. The van der Waals surface area contributed by atoms with Crippen LogP contribution >= 0.6 is 0 Å². The molecule has 1 atom stereocenters. The summed E-state index contributed by atoms with van der Waals surface area (Å²) in [6, 6.07) is 4.77. The van der Waals surface area contributed by atoms with E-state index in [1.165, 1.54) is 23.1 Å². The van der Waals surface area contributed by atoms with Gasteiger partial charge in [0.05, 0.1) is 23.7 Å². The molecule has 1 heterocycles. The Morgan fingerprint density at radius 2 is 2.04 bits per heavy atom. The minimum atomic E-state index is -4.56. The van der Waals surface area contributed by atoms with E-state index in [4.69, 9.17) is 0 Å². The fourth-order valence-corrected chi connectivity index (χ4v) is 2.67. The predicted octanol–water partition coefficient (Wildman–Crippen LogP) is 2.10. The number of carbonyl (C=O) groups is 2. The van der Waals surface area contributed by atoms with Crippen LogP contribution in [-0.4, -0.2) is 42.9 Å². The maximum atomic E-state index is 12.9. The van der Waals surface area contributed by atoms with Crippen LogP contribution in [0, 0.1) is 5.92 Å². The molecule has 1 aliphatic heterocycles. The lowest BCUT2D eigenvalue weighted by molar-refractivity contribution is -0.138. The van der Waals surface area contributed by atoms with Crippen molar-refractivity contribution in [2.24, 2.45) is 5.92 Å². The summed E-state index contributed by atoms with van der Waals surface area (Å²) in [5.74, 6) is -0.977. The van der Waals surface area contributed by atoms with E-state index in [1.807, 2.05) is 0 Å². The molecule has 2 amide bonds. The number of alkyl halides is 3. The van der Waals surface area contributed by atoms with Gasteiger partial charge in [-0.3, -0.25) is 9.59 Å². The molecular weight excluding hydrogens is 323 g/mol. The molecule has 1 aromatic carbocycles. The molecule has 1 saturated heterocycles. The van der Waals surface area contributed by atoms with E-state index in [-0.39, 0.29) is 24.1 Å². The Morgan fingerprint density at radius 3 is 2.62 bits per heavy atom. The first-order chi connectivity index (χ1) is 11.3. The van der Waals surface area contributed by atoms with Crippen LogP contribution in [0.5, 0.6) is 0 Å². The molecule has 8 heteroatoms. The maximum absolute atomic E-state index is 12.9. The SMILES string of the molecule is CCN(CC(=O)Nc1ccccc1C(F)(F)F)C(=O)C1CCNC1. The Labute approximate surface area is 138 Å². The first kappa shape index (κ1) is 18.3. The summed E-state index contributed by atoms with van der Waals surface area (Å²) < 4.78 is 38.8. The molecule has 1 aliphatic rings. The number of para-hydroxylation sites is 1. The predicted molar refractivity (Wildman–Crippen MR) is 83.3 cm³/mol. The quantitative estimate of drug-likeness (QED) is 0.861. The highest BCUT2D eigenvalue weighted by molar-refractivity contribution is 5.95. The van der Waals surface area contributed by atoms with Crippen LogP contribution < -0.4 is 10.6 Å². The van der Waals surface area contributed by atoms with Crippen molar-refractivity contribution in [3.05, 3.63) is 29.8 Å². The molecule has 24 heavy (non-hydrogen) atoms. The molecular formula is C16H20F3N3O2. The molecule has 0 saturated carbocycles. The van der Waals surface area contributed by atoms with Gasteiger partial charge in [0, 0.05) is 13.1 Å². The van der Waals surface area contributed by atoms with E-state index in [2.05, 4.69) is 10.6 Å². The molecule has 0 spiro atoms. The third kappa shape index (κ3) is 4.47. The van der Waals surface area contributed by atoms with Gasteiger partial charge in [-0.15, -0.1) is 0 Å². The standard InChI is InChI=1S/C16H20F3N3O2/c1-2-22(15(24)11-7-8-20-9-11)10-14(23)21-13-6-4-3-5-12(13)16(17,18)19/h3-6,11,20H,2,7-10H2,1H3,(H,21,23). The molecule has 132 valence electrons. The minimum Gasteiger partial charge on any atom is -0.333 e. The minimum absolute atomic E-state index is 0.151. The van der Waals surface area contributed by atoms with Gasteiger partial charge < -0.3 is 15.5 Å². The van der Waals surface area contributed by atoms with Crippen molar-refractivity contribution in [1.29, 1.82) is 0 Å². The van der Waals surface area contributed by atoms with Gasteiger partial charge in [-0.2, -0.15) is 13.2 Å². The van der Waals surface area contributed by atoms with Gasteiger partial charge in [-0.1, -0.05) is 12.1 Å². The number of benzene rings is 1. The zero-order valence-electron chi connectivity index (χ0n) is 13.3. The van der Waals surface area contributed by atoms with Crippen LogP contribution in [0.2, 0.25) is 0 Å². The highest BCUT2D eigenvalue weighted by Gasteiger charge is 2.34. The van der Waals surface area contributed by atoms with Crippen LogP contribution in [0.25, 0.3) is 0 Å². The van der Waals surface area contributed by atoms with E-state index >= 15 is 0 Å². The van der Waals surface area contributed by atoms with E-state index < -0.39 is 17.6 Å². The van der Waals surface area contributed by atoms with Gasteiger partial charge in [-0.05, 0) is 32.0 Å². The number of hydrogen-bond acceptors (Lipinski definition) is 3. The number of anilines is 1. The lowest BCUT2D eigenvalue weighted by Crippen LogP contribution is -2.41. The molecule has 1 aromatic rings. The summed E-state index contributed by atoms with van der Waals surface area (Å²) >= 11 is 0. The van der Waals surface area contributed by atoms with Crippen molar-refractivity contribution in [3.8, 4) is 0 Å². The van der Waals surface area contributed by atoms with Crippen molar-refractivity contribution in [3.63, 3.8) is 0 Å². The van der Waals surface area contributed by atoms with E-state index in [0.29, 0.717) is 19.5 Å². The van der Waals surface area contributed by atoms with Crippen molar-refractivity contribution in [2.75, 3.05) is 31.5 Å². The fourth-order valence-electron chi connectivity index (χ4n) is 2.67. The molecule has 2 rings (SSSR count). The fraction of sp³-hybridized carbons (Fsp3) is 0.500. The monoisotopic (exact) mass is 343 g/mol. The van der Waals surface area contributed by atoms with E-state index in [0.717, 1.165) is 12.6 Å². The third-order valence-corrected chi connectivity index (χ3v) is 3.94. The zero-order valence-corrected chi connectivity index (χ0v) is 13.3. The maximum Gasteiger partial charge on any atom is 0.418 e. The number of nitrogens with zero attached hydrogens (tertiary/aromatic N) is 1. The van der Waals surface area contributed by atoms with E-state index in [9.17, 15) is 22.8 Å². The first-order valence-corrected chi connectivity index (χ1v) is 7.78. The van der Waals surface area contributed by atoms with Gasteiger partial charge in [-0.25, -0.2) is 0 Å². The number of nitrogens with one attached hydrogen (secondary N) is 2. The van der Waals surface area contributed by atoms with Gasteiger partial charge in [0.25, 0.3) is 0 Å². The number of likely N-dealkylation sites (N-methyl/N-ethyl adjacent to an activating group) is 1. The summed E-state index contributed by atoms with van der Waals surface area (Å²) in [6.45, 7) is 3.10. The van der Waals surface area contributed by atoms with Crippen molar-refractivity contribution in [2.45, 2.75) is 19.5 Å². The Bertz CT molecular complexity index is 598. The van der Waals surface area contributed by atoms with Crippen LogP contribution in [0.3, 0.4) is 0 Å². The van der Waals surface area contributed by atoms with Crippen LogP contribution in [0.4, 0.5) is 18.9 Å². The van der Waals surface area contributed by atoms with Crippen LogP contribution in [0.1, 0.15) is 18.9 Å². The highest BCUT2D eigenvalue weighted by Crippen LogP contribution is 2.34. The summed E-state index contributed by atoms with van der Waals surface area (Å²) in [4.78, 5) is 25.8. The van der Waals surface area contributed by atoms with Gasteiger partial charge in [0.2, 0.25) is 11.8 Å². The second-order valence-electron chi connectivity index (χ2n) is 5.63. The smallest absolute Gasteiger partial charge is 0.333 e. The normalized spacial score (nSPS) is 17.6. The lowest BCUT2D eigenvalue weighted by atomic mass is 10.1. The molecule has 2 N–H and O–H groups in total. The molecule has 0 aromatic heterocycles. The molecule has 5 nitrogen and oxygen atoms in total. The van der Waals surface area contributed by atoms with Gasteiger partial charge in [0.1, 0.15) is 0 Å². The average Bonchev–Trinajstić information content (AvgIpc) is 3.06. The van der Waals surface area contributed by atoms with Crippen molar-refractivity contribution in [1.82, 2.24) is 10.2 Å². The summed E-state index contributed by atoms with van der Waals surface area (Å²) in [7, 11) is 0. The van der Waals surface area contributed by atoms with Crippen LogP contribution in [-0.2, 0) is 15.8 Å². The number of halogens is 3. The number of carbonyl (C=O) groups excluding carboxylic acids is 2. The Hall–Kier alpha value is -2.09. The first-order valence-electron chi connectivity index (χ1n) is 7.78. The van der Waals surface area contributed by atoms with Crippen molar-refractivity contribution < 1.29 is 22.8 Å². The second kappa shape index (κ2) is 7.65. The number of amides is 2. The molecule has 0 bridgehead atoms. The highest BCUT2D eigenvalue weighted by atomic mass is 19.4.